The number of benzene rings is 1. The van der Waals surface area contributed by atoms with Crippen LogP contribution in [0.1, 0.15) is 24.3 Å². The Kier molecular flexibility index (Phi) is 2.10. The van der Waals surface area contributed by atoms with E-state index in [1.807, 2.05) is 12.1 Å². The van der Waals surface area contributed by atoms with Gasteiger partial charge in [-0.2, -0.15) is 0 Å². The molecular formula is C11H12Cl. The van der Waals surface area contributed by atoms with E-state index >= 15 is 0 Å². The van der Waals surface area contributed by atoms with Gasteiger partial charge in [-0.1, -0.05) is 30.7 Å². The van der Waals surface area contributed by atoms with Crippen molar-refractivity contribution in [1.29, 1.82) is 0 Å². The summed E-state index contributed by atoms with van der Waals surface area (Å²) in [5, 5.41) is 0.823. The number of hydrogen-bond donors (Lipinski definition) is 0. The Morgan fingerprint density at radius 2 is 1.75 bits per heavy atom. The molecule has 0 heterocycles. The van der Waals surface area contributed by atoms with E-state index in [9.17, 15) is 0 Å². The molecule has 0 amide bonds. The van der Waals surface area contributed by atoms with Crippen LogP contribution in [0.4, 0.5) is 0 Å². The molecule has 0 saturated heterocycles. The first-order valence-corrected chi connectivity index (χ1v) is 4.72. The van der Waals surface area contributed by atoms with Crippen molar-refractivity contribution in [3.05, 3.63) is 41.8 Å². The Labute approximate surface area is 78.6 Å². The first kappa shape index (κ1) is 8.12. The molecule has 1 aromatic carbocycles. The van der Waals surface area contributed by atoms with Crippen LogP contribution in [0, 0.1) is 12.8 Å². The van der Waals surface area contributed by atoms with Crippen LogP contribution in [0.15, 0.2) is 24.3 Å². The predicted octanol–water partition coefficient (Wildman–Crippen LogP) is 3.67. The second-order valence-electron chi connectivity index (χ2n) is 3.59. The van der Waals surface area contributed by atoms with Crippen molar-refractivity contribution in [2.45, 2.75) is 18.8 Å². The van der Waals surface area contributed by atoms with Gasteiger partial charge in [0.2, 0.25) is 0 Å². The Hall–Kier alpha value is -0.490. The summed E-state index contributed by atoms with van der Waals surface area (Å²) in [6.45, 7) is 4.01. The molecule has 0 atom stereocenters. The van der Waals surface area contributed by atoms with Gasteiger partial charge in [0.1, 0.15) is 0 Å². The lowest BCUT2D eigenvalue weighted by molar-refractivity contribution is 0.320. The molecule has 0 bridgehead atoms. The standard InChI is InChI=1S/C11H12Cl/c1-8-6-10(7-8)9-2-4-11(12)5-3-9/h2-5,8,10H,1,6-7H2. The molecule has 1 radical (unpaired) electrons. The zero-order chi connectivity index (χ0) is 8.55. The molecule has 0 aromatic heterocycles. The molecular weight excluding hydrogens is 168 g/mol. The zero-order valence-corrected chi connectivity index (χ0v) is 7.72. The smallest absolute Gasteiger partial charge is 0.0406 e. The van der Waals surface area contributed by atoms with Crippen molar-refractivity contribution >= 4 is 11.6 Å². The normalized spacial score (nSPS) is 28.2. The van der Waals surface area contributed by atoms with Crippen LogP contribution < -0.4 is 0 Å². The average molecular weight is 180 g/mol. The van der Waals surface area contributed by atoms with E-state index in [0.717, 1.165) is 10.9 Å². The maximum absolute atomic E-state index is 5.79. The van der Waals surface area contributed by atoms with Crippen LogP contribution in [-0.4, -0.2) is 0 Å². The van der Waals surface area contributed by atoms with Crippen molar-refractivity contribution in [3.63, 3.8) is 0 Å². The van der Waals surface area contributed by atoms with Gasteiger partial charge in [-0.15, -0.1) is 0 Å². The molecule has 1 heteroatoms. The predicted molar refractivity (Wildman–Crippen MR) is 52.3 cm³/mol. The summed E-state index contributed by atoms with van der Waals surface area (Å²) in [6, 6.07) is 8.18. The highest BCUT2D eigenvalue weighted by atomic mass is 35.5. The van der Waals surface area contributed by atoms with Gasteiger partial charge in [0.15, 0.2) is 0 Å². The van der Waals surface area contributed by atoms with Gasteiger partial charge < -0.3 is 0 Å². The summed E-state index contributed by atoms with van der Waals surface area (Å²) in [7, 11) is 0. The van der Waals surface area contributed by atoms with Crippen molar-refractivity contribution in [3.8, 4) is 0 Å². The average Bonchev–Trinajstić information content (AvgIpc) is 2.01. The van der Waals surface area contributed by atoms with Crippen molar-refractivity contribution in [2.24, 2.45) is 5.92 Å². The molecule has 63 valence electrons. The van der Waals surface area contributed by atoms with Crippen LogP contribution in [0.25, 0.3) is 0 Å². The SMILES string of the molecule is [CH2]C1CC(c2ccc(Cl)cc2)C1. The summed E-state index contributed by atoms with van der Waals surface area (Å²) >= 11 is 5.79. The first-order chi connectivity index (χ1) is 5.75. The molecule has 0 aliphatic heterocycles. The van der Waals surface area contributed by atoms with Crippen LogP contribution in [-0.2, 0) is 0 Å². The fraction of sp³-hybridized carbons (Fsp3) is 0.364. The molecule has 1 fully saturated rings. The monoisotopic (exact) mass is 179 g/mol. The van der Waals surface area contributed by atoms with E-state index in [4.69, 9.17) is 11.6 Å². The largest absolute Gasteiger partial charge is 0.0843 e. The van der Waals surface area contributed by atoms with Gasteiger partial charge in [-0.05, 0) is 42.4 Å². The third-order valence-corrected chi connectivity index (χ3v) is 2.83. The molecule has 1 aromatic rings. The maximum atomic E-state index is 5.79. The van der Waals surface area contributed by atoms with Gasteiger partial charge >= 0.3 is 0 Å². The number of halogens is 1. The topological polar surface area (TPSA) is 0 Å². The van der Waals surface area contributed by atoms with Crippen LogP contribution >= 0.6 is 11.6 Å². The third-order valence-electron chi connectivity index (χ3n) is 2.58. The fourth-order valence-corrected chi connectivity index (χ4v) is 1.87. The molecule has 0 N–H and O–H groups in total. The van der Waals surface area contributed by atoms with Crippen LogP contribution in [0.5, 0.6) is 0 Å². The molecule has 0 unspecified atom stereocenters. The van der Waals surface area contributed by atoms with E-state index in [-0.39, 0.29) is 0 Å². The van der Waals surface area contributed by atoms with Crippen molar-refractivity contribution < 1.29 is 0 Å². The van der Waals surface area contributed by atoms with Gasteiger partial charge in [0.05, 0.1) is 0 Å². The van der Waals surface area contributed by atoms with Crippen molar-refractivity contribution in [1.82, 2.24) is 0 Å². The lowest BCUT2D eigenvalue weighted by Gasteiger charge is -2.32. The second-order valence-corrected chi connectivity index (χ2v) is 4.02. The van der Waals surface area contributed by atoms with Crippen LogP contribution in [0.3, 0.4) is 0 Å². The quantitative estimate of drug-likeness (QED) is 0.617. The minimum absolute atomic E-state index is 0.672. The van der Waals surface area contributed by atoms with E-state index in [1.54, 1.807) is 0 Å². The minimum Gasteiger partial charge on any atom is -0.0843 e. The molecule has 1 aliphatic carbocycles. The Morgan fingerprint density at radius 1 is 1.17 bits per heavy atom. The van der Waals surface area contributed by atoms with Gasteiger partial charge in [-0.3, -0.25) is 0 Å². The Balaban J connectivity index is 2.09. The summed E-state index contributed by atoms with van der Waals surface area (Å²) < 4.78 is 0. The lowest BCUT2D eigenvalue weighted by Crippen LogP contribution is -2.18. The summed E-state index contributed by atoms with van der Waals surface area (Å²) in [5.41, 5.74) is 1.42. The minimum atomic E-state index is 0.672. The summed E-state index contributed by atoms with van der Waals surface area (Å²) in [5.74, 6) is 1.41. The number of hydrogen-bond acceptors (Lipinski definition) is 0. The molecule has 0 nitrogen and oxygen atoms in total. The van der Waals surface area contributed by atoms with E-state index in [0.29, 0.717) is 5.92 Å². The van der Waals surface area contributed by atoms with Crippen molar-refractivity contribution in [2.75, 3.05) is 0 Å². The van der Waals surface area contributed by atoms with Crippen LogP contribution in [0.2, 0.25) is 5.02 Å². The van der Waals surface area contributed by atoms with E-state index < -0.39 is 0 Å². The van der Waals surface area contributed by atoms with Gasteiger partial charge in [-0.25, -0.2) is 0 Å². The summed E-state index contributed by atoms with van der Waals surface area (Å²) in [4.78, 5) is 0. The Bertz CT molecular complexity index is 257. The lowest BCUT2D eigenvalue weighted by atomic mass is 9.72. The van der Waals surface area contributed by atoms with Gasteiger partial charge in [0.25, 0.3) is 0 Å². The molecule has 1 aliphatic rings. The zero-order valence-electron chi connectivity index (χ0n) is 6.96. The maximum Gasteiger partial charge on any atom is 0.0406 e. The molecule has 1 saturated carbocycles. The summed E-state index contributed by atoms with van der Waals surface area (Å²) in [6.07, 6.45) is 2.48. The molecule has 2 rings (SSSR count). The number of rotatable bonds is 1. The van der Waals surface area contributed by atoms with Gasteiger partial charge in [0, 0.05) is 5.02 Å². The van der Waals surface area contributed by atoms with E-state index in [2.05, 4.69) is 19.1 Å². The van der Waals surface area contributed by atoms with E-state index in [1.165, 1.54) is 18.4 Å². The third kappa shape index (κ3) is 1.49. The fourth-order valence-electron chi connectivity index (χ4n) is 1.74. The Morgan fingerprint density at radius 3 is 2.25 bits per heavy atom. The highest BCUT2D eigenvalue weighted by Gasteiger charge is 2.26. The first-order valence-electron chi connectivity index (χ1n) is 4.34. The molecule has 0 spiro atoms. The highest BCUT2D eigenvalue weighted by Crippen LogP contribution is 2.40. The highest BCUT2D eigenvalue weighted by molar-refractivity contribution is 6.30. The molecule has 12 heavy (non-hydrogen) atoms. The second kappa shape index (κ2) is 3.10.